The van der Waals surface area contributed by atoms with Gasteiger partial charge in [0.2, 0.25) is 5.13 Å². The Bertz CT molecular complexity index is 680. The second-order valence-electron chi connectivity index (χ2n) is 4.00. The fourth-order valence-electron chi connectivity index (χ4n) is 1.56. The predicted octanol–water partition coefficient (Wildman–Crippen LogP) is 0.283. The molecule has 110 valence electrons. The third kappa shape index (κ3) is 3.52. The number of guanidine groups is 1. The summed E-state index contributed by atoms with van der Waals surface area (Å²) in [4.78, 5) is 23.8. The number of esters is 1. The van der Waals surface area contributed by atoms with Gasteiger partial charge in [-0.25, -0.2) is 14.8 Å². The van der Waals surface area contributed by atoms with Crippen LogP contribution in [0.5, 0.6) is 0 Å². The maximum Gasteiger partial charge on any atom is 0.328 e. The summed E-state index contributed by atoms with van der Waals surface area (Å²) in [6.45, 7) is 0. The zero-order chi connectivity index (χ0) is 15.4. The first-order valence-electron chi connectivity index (χ1n) is 5.87. The van der Waals surface area contributed by atoms with E-state index in [0.29, 0.717) is 22.2 Å². The highest BCUT2D eigenvalue weighted by atomic mass is 32.1. The van der Waals surface area contributed by atoms with Crippen molar-refractivity contribution in [2.45, 2.75) is 6.04 Å². The lowest BCUT2D eigenvalue weighted by molar-refractivity contribution is -0.142. The van der Waals surface area contributed by atoms with Crippen molar-refractivity contribution in [3.05, 3.63) is 29.3 Å². The Morgan fingerprint density at radius 2 is 2.10 bits per heavy atom. The smallest absolute Gasteiger partial charge is 0.328 e. The molecule has 2 aromatic heterocycles. The predicted molar refractivity (Wildman–Crippen MR) is 79.8 cm³/mol. The van der Waals surface area contributed by atoms with Crippen LogP contribution in [0.25, 0.3) is 11.4 Å². The van der Waals surface area contributed by atoms with Crippen molar-refractivity contribution in [3.8, 4) is 11.4 Å². The number of aromatic nitrogens is 2. The molecule has 21 heavy (non-hydrogen) atoms. The lowest BCUT2D eigenvalue weighted by Crippen LogP contribution is -2.23. The minimum atomic E-state index is -0.939. The second kappa shape index (κ2) is 6.29. The largest absolute Gasteiger partial charge is 0.468 e. The first-order valence-corrected chi connectivity index (χ1v) is 6.75. The summed E-state index contributed by atoms with van der Waals surface area (Å²) in [6, 6.07) is 4.20. The van der Waals surface area contributed by atoms with E-state index in [1.54, 1.807) is 23.6 Å². The maximum atomic E-state index is 11.4. The highest BCUT2D eigenvalue weighted by Gasteiger charge is 2.18. The number of carbonyl (C=O) groups is 1. The van der Waals surface area contributed by atoms with E-state index in [2.05, 4.69) is 19.7 Å². The summed E-state index contributed by atoms with van der Waals surface area (Å²) in [7, 11) is 1.27. The van der Waals surface area contributed by atoms with Crippen LogP contribution in [-0.4, -0.2) is 29.0 Å². The molecule has 2 aromatic rings. The number of carbonyl (C=O) groups excluding carboxylic acids is 1. The number of methoxy groups -OCH3 is 1. The molecule has 0 bridgehead atoms. The third-order valence-electron chi connectivity index (χ3n) is 2.52. The summed E-state index contributed by atoms with van der Waals surface area (Å²) in [6.07, 6.45) is 0. The van der Waals surface area contributed by atoms with Crippen LogP contribution < -0.4 is 17.2 Å². The van der Waals surface area contributed by atoms with Crippen LogP contribution in [0, 0.1) is 0 Å². The Kier molecular flexibility index (Phi) is 4.45. The molecule has 2 heterocycles. The zero-order valence-electron chi connectivity index (χ0n) is 11.2. The van der Waals surface area contributed by atoms with Gasteiger partial charge in [0.05, 0.1) is 18.5 Å². The normalized spacial score (nSPS) is 11.7. The summed E-state index contributed by atoms with van der Waals surface area (Å²) < 4.78 is 4.60. The Morgan fingerprint density at radius 1 is 1.33 bits per heavy atom. The van der Waals surface area contributed by atoms with Gasteiger partial charge >= 0.3 is 5.97 Å². The van der Waals surface area contributed by atoms with Gasteiger partial charge in [-0.2, -0.15) is 4.99 Å². The van der Waals surface area contributed by atoms with E-state index in [9.17, 15) is 4.79 Å². The first-order chi connectivity index (χ1) is 10.0. The number of nitrogens with zero attached hydrogens (tertiary/aromatic N) is 3. The molecule has 0 amide bonds. The average Bonchev–Trinajstić information content (AvgIpc) is 2.93. The van der Waals surface area contributed by atoms with Crippen LogP contribution in [0.4, 0.5) is 5.13 Å². The number of hydrogen-bond acceptors (Lipinski definition) is 7. The number of aliphatic imine (C=N–C) groups is 1. The molecule has 0 radical (unpaired) electrons. The van der Waals surface area contributed by atoms with Gasteiger partial charge in [0.25, 0.3) is 0 Å². The molecule has 0 aliphatic heterocycles. The molecule has 0 saturated heterocycles. The van der Waals surface area contributed by atoms with Crippen molar-refractivity contribution in [3.63, 3.8) is 0 Å². The molecular weight excluding hydrogens is 292 g/mol. The molecule has 8 nitrogen and oxygen atoms in total. The fourth-order valence-corrected chi connectivity index (χ4v) is 2.26. The van der Waals surface area contributed by atoms with Gasteiger partial charge in [0, 0.05) is 5.38 Å². The Labute approximate surface area is 124 Å². The lowest BCUT2D eigenvalue weighted by atomic mass is 10.2. The Balaban J connectivity index is 2.31. The highest BCUT2D eigenvalue weighted by Crippen LogP contribution is 2.26. The molecule has 0 saturated carbocycles. The van der Waals surface area contributed by atoms with E-state index in [4.69, 9.17) is 17.2 Å². The average molecular weight is 306 g/mol. The molecule has 0 aliphatic carbocycles. The van der Waals surface area contributed by atoms with E-state index in [1.165, 1.54) is 18.4 Å². The number of pyridine rings is 1. The van der Waals surface area contributed by atoms with Crippen LogP contribution in [0.3, 0.4) is 0 Å². The number of nitrogens with two attached hydrogens (primary N) is 3. The first kappa shape index (κ1) is 14.9. The van der Waals surface area contributed by atoms with Crippen molar-refractivity contribution in [1.29, 1.82) is 0 Å². The summed E-state index contributed by atoms with van der Waals surface area (Å²) in [5.74, 6) is -0.621. The van der Waals surface area contributed by atoms with E-state index in [-0.39, 0.29) is 5.96 Å². The molecule has 9 heteroatoms. The molecule has 1 unspecified atom stereocenters. The minimum absolute atomic E-state index is 0.0645. The van der Waals surface area contributed by atoms with Gasteiger partial charge in [-0.05, 0) is 12.1 Å². The highest BCUT2D eigenvalue weighted by molar-refractivity contribution is 7.13. The van der Waals surface area contributed by atoms with Gasteiger partial charge in [0.1, 0.15) is 11.7 Å². The second-order valence-corrected chi connectivity index (χ2v) is 4.84. The minimum Gasteiger partial charge on any atom is -0.468 e. The van der Waals surface area contributed by atoms with E-state index in [0.717, 1.165) is 0 Å². The molecular formula is C12H14N6O2S. The fraction of sp³-hybridized carbons (Fsp3) is 0.167. The van der Waals surface area contributed by atoms with Crippen LogP contribution in [0.1, 0.15) is 11.7 Å². The molecule has 0 aromatic carbocycles. The van der Waals surface area contributed by atoms with Crippen LogP contribution >= 0.6 is 11.3 Å². The number of rotatable bonds is 4. The van der Waals surface area contributed by atoms with Gasteiger partial charge in [-0.1, -0.05) is 6.07 Å². The number of ether oxygens (including phenoxy) is 1. The molecule has 6 N–H and O–H groups in total. The monoisotopic (exact) mass is 306 g/mol. The topological polar surface area (TPSA) is 142 Å². The van der Waals surface area contributed by atoms with Crippen LogP contribution in [0.2, 0.25) is 0 Å². The van der Waals surface area contributed by atoms with Crippen LogP contribution in [0.15, 0.2) is 28.6 Å². The molecule has 2 rings (SSSR count). The van der Waals surface area contributed by atoms with E-state index >= 15 is 0 Å². The molecule has 1 atom stereocenters. The standard InChI is InChI=1S/C12H14N6O2S/c1-20-10(19)9(13)7-4-2-3-6(16-7)8-5-21-12(17-8)18-11(14)15/h2-5,9H,13H2,1H3,(H4,14,15,17,18). The van der Waals surface area contributed by atoms with Gasteiger partial charge < -0.3 is 21.9 Å². The van der Waals surface area contributed by atoms with Crippen molar-refractivity contribution < 1.29 is 9.53 Å². The van der Waals surface area contributed by atoms with Crippen molar-refractivity contribution >= 4 is 28.4 Å². The quantitative estimate of drug-likeness (QED) is 0.418. The Morgan fingerprint density at radius 3 is 2.76 bits per heavy atom. The summed E-state index contributed by atoms with van der Waals surface area (Å²) in [5, 5.41) is 2.19. The van der Waals surface area contributed by atoms with Gasteiger partial charge in [-0.3, -0.25) is 0 Å². The van der Waals surface area contributed by atoms with Crippen molar-refractivity contribution in [2.24, 2.45) is 22.2 Å². The maximum absolute atomic E-state index is 11.4. The molecule has 0 aliphatic rings. The van der Waals surface area contributed by atoms with Gasteiger partial charge in [0.15, 0.2) is 5.96 Å². The third-order valence-corrected chi connectivity index (χ3v) is 3.26. The molecule has 0 spiro atoms. The summed E-state index contributed by atoms with van der Waals surface area (Å²) >= 11 is 1.28. The van der Waals surface area contributed by atoms with E-state index in [1.807, 2.05) is 0 Å². The SMILES string of the molecule is COC(=O)C(N)c1cccc(-c2csc(N=C(N)N)n2)n1. The van der Waals surface area contributed by atoms with Crippen LogP contribution in [-0.2, 0) is 9.53 Å². The Hall–Kier alpha value is -2.52. The summed E-state index contributed by atoms with van der Waals surface area (Å²) in [5.41, 5.74) is 17.9. The van der Waals surface area contributed by atoms with Crippen molar-refractivity contribution in [1.82, 2.24) is 9.97 Å². The number of thiazole rings is 1. The number of hydrogen-bond donors (Lipinski definition) is 3. The van der Waals surface area contributed by atoms with E-state index < -0.39 is 12.0 Å². The zero-order valence-corrected chi connectivity index (χ0v) is 12.0. The lowest BCUT2D eigenvalue weighted by Gasteiger charge is -2.09. The molecule has 0 fully saturated rings. The van der Waals surface area contributed by atoms with Gasteiger partial charge in [-0.15, -0.1) is 11.3 Å². The van der Waals surface area contributed by atoms with Crippen molar-refractivity contribution in [2.75, 3.05) is 7.11 Å².